The van der Waals surface area contributed by atoms with Crippen LogP contribution in [0.1, 0.15) is 42.6 Å². The van der Waals surface area contributed by atoms with Gasteiger partial charge in [0.05, 0.1) is 0 Å². The molecular formula is C16H23FN2O. The number of piperazine rings is 1. The third-order valence-corrected chi connectivity index (χ3v) is 4.01. The summed E-state index contributed by atoms with van der Waals surface area (Å²) in [6, 6.07) is 5.07. The zero-order valence-electron chi connectivity index (χ0n) is 12.4. The number of carbonyl (C=O) groups excluding carboxylic acids is 1. The molecule has 1 aromatic carbocycles. The molecule has 2 unspecified atom stereocenters. The topological polar surface area (TPSA) is 32.3 Å². The number of halogens is 1. The molecule has 110 valence electrons. The fourth-order valence-electron chi connectivity index (χ4n) is 2.78. The van der Waals surface area contributed by atoms with Crippen molar-refractivity contribution in [1.82, 2.24) is 10.2 Å². The van der Waals surface area contributed by atoms with Gasteiger partial charge in [-0.2, -0.15) is 0 Å². The van der Waals surface area contributed by atoms with E-state index >= 15 is 0 Å². The van der Waals surface area contributed by atoms with Crippen LogP contribution >= 0.6 is 0 Å². The number of nitrogens with one attached hydrogen (secondary N) is 1. The van der Waals surface area contributed by atoms with Crippen LogP contribution in [0, 0.1) is 12.7 Å². The first-order chi connectivity index (χ1) is 9.55. The molecule has 4 heteroatoms. The van der Waals surface area contributed by atoms with E-state index in [4.69, 9.17) is 0 Å². The number of amides is 1. The van der Waals surface area contributed by atoms with Crippen LogP contribution < -0.4 is 5.32 Å². The molecule has 1 amide bonds. The van der Waals surface area contributed by atoms with Crippen molar-refractivity contribution in [1.29, 1.82) is 0 Å². The summed E-state index contributed by atoms with van der Waals surface area (Å²) >= 11 is 0. The Balaban J connectivity index is 2.24. The van der Waals surface area contributed by atoms with Gasteiger partial charge < -0.3 is 10.2 Å². The van der Waals surface area contributed by atoms with Gasteiger partial charge in [-0.05, 0) is 43.5 Å². The summed E-state index contributed by atoms with van der Waals surface area (Å²) in [5.41, 5.74) is 1.24. The van der Waals surface area contributed by atoms with Crippen molar-refractivity contribution in [2.24, 2.45) is 0 Å². The van der Waals surface area contributed by atoms with Crippen LogP contribution in [0.3, 0.4) is 0 Å². The molecule has 0 aromatic heterocycles. The highest BCUT2D eigenvalue weighted by Gasteiger charge is 2.30. The SMILES string of the molecule is CCC1CN(C(=O)c2cc(C)cc(F)c2)C(CC)CN1. The minimum absolute atomic E-state index is 0.0561. The normalized spacial score (nSPS) is 22.9. The van der Waals surface area contributed by atoms with E-state index in [-0.39, 0.29) is 17.8 Å². The quantitative estimate of drug-likeness (QED) is 0.922. The molecule has 0 spiro atoms. The van der Waals surface area contributed by atoms with Gasteiger partial charge in [-0.1, -0.05) is 13.8 Å². The maximum Gasteiger partial charge on any atom is 0.254 e. The lowest BCUT2D eigenvalue weighted by molar-refractivity contribution is 0.0575. The fourth-order valence-corrected chi connectivity index (χ4v) is 2.78. The lowest BCUT2D eigenvalue weighted by Gasteiger charge is -2.40. The minimum Gasteiger partial charge on any atom is -0.333 e. The van der Waals surface area contributed by atoms with Crippen LogP contribution in [0.4, 0.5) is 4.39 Å². The standard InChI is InChI=1S/C16H23FN2O/c1-4-14-10-19(15(5-2)9-18-14)16(20)12-6-11(3)7-13(17)8-12/h6-8,14-15,18H,4-5,9-10H2,1-3H3. The van der Waals surface area contributed by atoms with Crippen molar-refractivity contribution in [3.8, 4) is 0 Å². The summed E-state index contributed by atoms with van der Waals surface area (Å²) in [6.07, 6.45) is 1.89. The Morgan fingerprint density at radius 1 is 1.35 bits per heavy atom. The van der Waals surface area contributed by atoms with Gasteiger partial charge in [0.15, 0.2) is 0 Å². The lowest BCUT2D eigenvalue weighted by atomic mass is 10.0. The Morgan fingerprint density at radius 3 is 2.70 bits per heavy atom. The van der Waals surface area contributed by atoms with Crippen LogP contribution in [-0.2, 0) is 0 Å². The molecule has 1 N–H and O–H groups in total. The highest BCUT2D eigenvalue weighted by molar-refractivity contribution is 5.94. The lowest BCUT2D eigenvalue weighted by Crippen LogP contribution is -2.57. The Hall–Kier alpha value is -1.42. The highest BCUT2D eigenvalue weighted by atomic mass is 19.1. The van der Waals surface area contributed by atoms with Gasteiger partial charge in [-0.25, -0.2) is 4.39 Å². The molecule has 2 atom stereocenters. The van der Waals surface area contributed by atoms with E-state index in [1.165, 1.54) is 12.1 Å². The molecule has 0 aliphatic carbocycles. The van der Waals surface area contributed by atoms with Crippen molar-refractivity contribution >= 4 is 5.91 Å². The second-order valence-corrected chi connectivity index (χ2v) is 5.55. The predicted octanol–water partition coefficient (Wildman–Crippen LogP) is 2.74. The Bertz CT molecular complexity index is 469. The van der Waals surface area contributed by atoms with Crippen LogP contribution in [0.2, 0.25) is 0 Å². The summed E-state index contributed by atoms with van der Waals surface area (Å²) in [5.74, 6) is -0.400. The fraction of sp³-hybridized carbons (Fsp3) is 0.562. The van der Waals surface area contributed by atoms with E-state index in [1.807, 2.05) is 11.8 Å². The number of benzene rings is 1. The van der Waals surface area contributed by atoms with Gasteiger partial charge >= 0.3 is 0 Å². The largest absolute Gasteiger partial charge is 0.333 e. The molecule has 1 saturated heterocycles. The maximum absolute atomic E-state index is 13.5. The summed E-state index contributed by atoms with van der Waals surface area (Å²) in [7, 11) is 0. The Kier molecular flexibility index (Phi) is 4.76. The monoisotopic (exact) mass is 278 g/mol. The van der Waals surface area contributed by atoms with Gasteiger partial charge in [-0.3, -0.25) is 4.79 Å². The van der Waals surface area contributed by atoms with E-state index < -0.39 is 0 Å². The first-order valence-corrected chi connectivity index (χ1v) is 7.36. The third kappa shape index (κ3) is 3.18. The highest BCUT2D eigenvalue weighted by Crippen LogP contribution is 2.18. The third-order valence-electron chi connectivity index (χ3n) is 4.01. The van der Waals surface area contributed by atoms with Gasteiger partial charge in [0.2, 0.25) is 0 Å². The zero-order chi connectivity index (χ0) is 14.7. The van der Waals surface area contributed by atoms with Crippen molar-refractivity contribution in [3.63, 3.8) is 0 Å². The van der Waals surface area contributed by atoms with Crippen LogP contribution in [0.15, 0.2) is 18.2 Å². The van der Waals surface area contributed by atoms with Crippen LogP contribution in [0.5, 0.6) is 0 Å². The van der Waals surface area contributed by atoms with E-state index in [9.17, 15) is 9.18 Å². The molecule has 2 rings (SSSR count). The van der Waals surface area contributed by atoms with Crippen LogP contribution in [0.25, 0.3) is 0 Å². The van der Waals surface area contributed by atoms with Gasteiger partial charge in [-0.15, -0.1) is 0 Å². The molecule has 1 aliphatic heterocycles. The zero-order valence-corrected chi connectivity index (χ0v) is 12.4. The van der Waals surface area contributed by atoms with Crippen LogP contribution in [-0.4, -0.2) is 36.0 Å². The molecule has 1 fully saturated rings. The molecular weight excluding hydrogens is 255 g/mol. The molecule has 20 heavy (non-hydrogen) atoms. The molecule has 3 nitrogen and oxygen atoms in total. The first-order valence-electron chi connectivity index (χ1n) is 7.36. The molecule has 0 radical (unpaired) electrons. The number of nitrogens with zero attached hydrogens (tertiary/aromatic N) is 1. The summed E-state index contributed by atoms with van der Waals surface area (Å²) < 4.78 is 13.5. The molecule has 1 heterocycles. The van der Waals surface area contributed by atoms with E-state index in [2.05, 4.69) is 19.2 Å². The van der Waals surface area contributed by atoms with Crippen molar-refractivity contribution < 1.29 is 9.18 Å². The maximum atomic E-state index is 13.5. The number of hydrogen-bond acceptors (Lipinski definition) is 2. The summed E-state index contributed by atoms with van der Waals surface area (Å²) in [4.78, 5) is 14.6. The second-order valence-electron chi connectivity index (χ2n) is 5.55. The van der Waals surface area contributed by atoms with Gasteiger partial charge in [0.1, 0.15) is 5.82 Å². The van der Waals surface area contributed by atoms with Crippen molar-refractivity contribution in [3.05, 3.63) is 35.1 Å². The number of hydrogen-bond donors (Lipinski definition) is 1. The number of aryl methyl sites for hydroxylation is 1. The number of carbonyl (C=O) groups is 1. The average molecular weight is 278 g/mol. The molecule has 0 bridgehead atoms. The summed E-state index contributed by atoms with van der Waals surface area (Å²) in [5, 5.41) is 3.46. The Labute approximate surface area is 120 Å². The smallest absolute Gasteiger partial charge is 0.254 e. The molecule has 1 aliphatic rings. The molecule has 0 saturated carbocycles. The van der Waals surface area contributed by atoms with E-state index in [1.54, 1.807) is 6.07 Å². The van der Waals surface area contributed by atoms with Gasteiger partial charge in [0.25, 0.3) is 5.91 Å². The molecule has 1 aromatic rings. The van der Waals surface area contributed by atoms with Gasteiger partial charge in [0, 0.05) is 30.7 Å². The Morgan fingerprint density at radius 2 is 2.10 bits per heavy atom. The first kappa shape index (κ1) is 15.0. The van der Waals surface area contributed by atoms with E-state index in [0.717, 1.165) is 24.9 Å². The predicted molar refractivity (Wildman–Crippen MR) is 78.3 cm³/mol. The summed E-state index contributed by atoms with van der Waals surface area (Å²) in [6.45, 7) is 7.51. The average Bonchev–Trinajstić information content (AvgIpc) is 2.44. The number of rotatable bonds is 3. The van der Waals surface area contributed by atoms with E-state index in [0.29, 0.717) is 18.2 Å². The minimum atomic E-state index is -0.344. The van der Waals surface area contributed by atoms with Crippen molar-refractivity contribution in [2.75, 3.05) is 13.1 Å². The van der Waals surface area contributed by atoms with Crippen molar-refractivity contribution in [2.45, 2.75) is 45.7 Å². The second kappa shape index (κ2) is 6.35.